The number of benzene rings is 1. The van der Waals surface area contributed by atoms with Crippen molar-refractivity contribution in [3.63, 3.8) is 0 Å². The van der Waals surface area contributed by atoms with Crippen LogP contribution in [0.2, 0.25) is 5.02 Å². The molecule has 0 spiro atoms. The molecule has 1 aromatic carbocycles. The van der Waals surface area contributed by atoms with Crippen molar-refractivity contribution in [2.24, 2.45) is 0 Å². The molecule has 154 valence electrons. The van der Waals surface area contributed by atoms with Crippen LogP contribution in [0, 0.1) is 24.0 Å². The number of aryl methyl sites for hydroxylation is 1. The highest BCUT2D eigenvalue weighted by Gasteiger charge is 2.25. The summed E-state index contributed by atoms with van der Waals surface area (Å²) in [6, 6.07) is 5.34. The van der Waals surface area contributed by atoms with E-state index < -0.39 is 23.2 Å². The number of aromatic nitrogens is 1. The summed E-state index contributed by atoms with van der Waals surface area (Å²) in [5, 5.41) is 11.3. The van der Waals surface area contributed by atoms with Crippen LogP contribution in [0.1, 0.15) is 44.9 Å². The van der Waals surface area contributed by atoms with Crippen molar-refractivity contribution in [3.8, 4) is 0 Å². The lowest BCUT2D eigenvalue weighted by molar-refractivity contribution is -0.385. The van der Waals surface area contributed by atoms with Crippen LogP contribution in [-0.2, 0) is 16.0 Å². The Labute approximate surface area is 172 Å². The number of Topliss-reactive ketones (excluding diaryl/α,β-unsaturated/α-hetero) is 1. The second-order valence-electron chi connectivity index (χ2n) is 6.95. The number of rotatable bonds is 7. The molecular formula is C20H21ClN2O6. The van der Waals surface area contributed by atoms with Gasteiger partial charge in [-0.2, -0.15) is 0 Å². The fraction of sp³-hybridized carbons (Fsp3) is 0.400. The Hall–Kier alpha value is -2.71. The Bertz CT molecular complexity index is 962. The topological polar surface area (TPSA) is 101 Å². The molecule has 0 radical (unpaired) electrons. The van der Waals surface area contributed by atoms with E-state index in [4.69, 9.17) is 21.1 Å². The Morgan fingerprint density at radius 2 is 2.07 bits per heavy atom. The third kappa shape index (κ3) is 4.65. The summed E-state index contributed by atoms with van der Waals surface area (Å²) >= 11 is 5.82. The minimum absolute atomic E-state index is 0.129. The molecule has 29 heavy (non-hydrogen) atoms. The van der Waals surface area contributed by atoms with Crippen molar-refractivity contribution < 1.29 is 24.0 Å². The lowest BCUT2D eigenvalue weighted by Gasteiger charge is -2.14. The Morgan fingerprint density at radius 1 is 1.31 bits per heavy atom. The SMILES string of the molecule is Cc1cc(C(=O)COC(=O)c2cc(Cl)ccc2[N+](=O)[O-])c(C)n1CC1CCCO1. The van der Waals surface area contributed by atoms with Gasteiger partial charge < -0.3 is 14.0 Å². The number of halogens is 1. The maximum atomic E-state index is 12.6. The molecule has 9 heteroatoms. The van der Waals surface area contributed by atoms with Crippen molar-refractivity contribution in [2.75, 3.05) is 13.2 Å². The molecule has 1 aliphatic heterocycles. The predicted octanol–water partition coefficient (Wildman–Crippen LogP) is 3.89. The molecule has 1 atom stereocenters. The second-order valence-corrected chi connectivity index (χ2v) is 7.38. The molecule has 0 N–H and O–H groups in total. The molecule has 1 saturated heterocycles. The maximum absolute atomic E-state index is 12.6. The first-order valence-corrected chi connectivity index (χ1v) is 9.58. The molecule has 3 rings (SSSR count). The van der Waals surface area contributed by atoms with Gasteiger partial charge in [0.1, 0.15) is 5.56 Å². The second kappa shape index (κ2) is 8.75. The van der Waals surface area contributed by atoms with Crippen LogP contribution in [0.3, 0.4) is 0 Å². The summed E-state index contributed by atoms with van der Waals surface area (Å²) in [5.41, 5.74) is 1.42. The summed E-state index contributed by atoms with van der Waals surface area (Å²) in [4.78, 5) is 35.3. The first-order chi connectivity index (χ1) is 13.8. The van der Waals surface area contributed by atoms with Crippen LogP contribution in [0.15, 0.2) is 24.3 Å². The molecular weight excluding hydrogens is 400 g/mol. The molecule has 2 heterocycles. The molecule has 1 aromatic heterocycles. The zero-order valence-electron chi connectivity index (χ0n) is 16.1. The molecule has 0 saturated carbocycles. The molecule has 0 bridgehead atoms. The number of carbonyl (C=O) groups is 2. The number of hydrogen-bond donors (Lipinski definition) is 0. The molecule has 0 amide bonds. The van der Waals surface area contributed by atoms with E-state index in [2.05, 4.69) is 0 Å². The van der Waals surface area contributed by atoms with Gasteiger partial charge in [0.25, 0.3) is 5.69 Å². The average Bonchev–Trinajstić information content (AvgIpc) is 3.29. The number of esters is 1. The van der Waals surface area contributed by atoms with E-state index in [0.29, 0.717) is 12.1 Å². The Balaban J connectivity index is 1.70. The van der Waals surface area contributed by atoms with Gasteiger partial charge in [0.15, 0.2) is 6.61 Å². The lowest BCUT2D eigenvalue weighted by Crippen LogP contribution is -2.18. The number of nitro benzene ring substituents is 1. The van der Waals surface area contributed by atoms with Crippen molar-refractivity contribution in [1.82, 2.24) is 4.57 Å². The van der Waals surface area contributed by atoms with Crippen LogP contribution in [0.25, 0.3) is 0 Å². The normalized spacial score (nSPS) is 16.0. The highest BCUT2D eigenvalue weighted by Crippen LogP contribution is 2.24. The van der Waals surface area contributed by atoms with Gasteiger partial charge in [-0.05, 0) is 44.9 Å². The highest BCUT2D eigenvalue weighted by atomic mass is 35.5. The Kier molecular flexibility index (Phi) is 6.34. The lowest BCUT2D eigenvalue weighted by atomic mass is 10.1. The van der Waals surface area contributed by atoms with Crippen LogP contribution >= 0.6 is 11.6 Å². The number of nitrogens with zero attached hydrogens (tertiary/aromatic N) is 2. The summed E-state index contributed by atoms with van der Waals surface area (Å²) in [6.07, 6.45) is 2.14. The fourth-order valence-electron chi connectivity index (χ4n) is 3.47. The molecule has 2 aromatic rings. The van der Waals surface area contributed by atoms with Gasteiger partial charge in [-0.15, -0.1) is 0 Å². The van der Waals surface area contributed by atoms with Gasteiger partial charge in [-0.1, -0.05) is 11.6 Å². The average molecular weight is 421 g/mol. The summed E-state index contributed by atoms with van der Waals surface area (Å²) in [7, 11) is 0. The fourth-order valence-corrected chi connectivity index (χ4v) is 3.65. The van der Waals surface area contributed by atoms with E-state index >= 15 is 0 Å². The molecule has 1 unspecified atom stereocenters. The largest absolute Gasteiger partial charge is 0.454 e. The van der Waals surface area contributed by atoms with Crippen molar-refractivity contribution in [2.45, 2.75) is 39.3 Å². The van der Waals surface area contributed by atoms with Crippen molar-refractivity contribution >= 4 is 29.0 Å². The zero-order valence-corrected chi connectivity index (χ0v) is 16.9. The van der Waals surface area contributed by atoms with E-state index in [1.165, 1.54) is 6.07 Å². The van der Waals surface area contributed by atoms with Crippen LogP contribution < -0.4 is 0 Å². The number of ether oxygens (including phenoxy) is 2. The van der Waals surface area contributed by atoms with E-state index in [0.717, 1.165) is 43.0 Å². The number of ketones is 1. The van der Waals surface area contributed by atoms with E-state index in [1.54, 1.807) is 6.07 Å². The van der Waals surface area contributed by atoms with Gasteiger partial charge in [-0.3, -0.25) is 14.9 Å². The van der Waals surface area contributed by atoms with E-state index in [9.17, 15) is 19.7 Å². The van der Waals surface area contributed by atoms with E-state index in [1.807, 2.05) is 18.4 Å². The first kappa shape index (κ1) is 21.0. The first-order valence-electron chi connectivity index (χ1n) is 9.20. The summed E-state index contributed by atoms with van der Waals surface area (Å²) in [6.45, 7) is 4.63. The summed E-state index contributed by atoms with van der Waals surface area (Å²) < 4.78 is 12.7. The minimum Gasteiger partial charge on any atom is -0.454 e. The van der Waals surface area contributed by atoms with Gasteiger partial charge >= 0.3 is 5.97 Å². The minimum atomic E-state index is -0.972. The number of hydrogen-bond acceptors (Lipinski definition) is 6. The van der Waals surface area contributed by atoms with Gasteiger partial charge in [0.2, 0.25) is 5.78 Å². The molecule has 1 fully saturated rings. The maximum Gasteiger partial charge on any atom is 0.345 e. The number of carbonyl (C=O) groups excluding carboxylic acids is 2. The van der Waals surface area contributed by atoms with Crippen LogP contribution in [-0.4, -0.2) is 40.6 Å². The van der Waals surface area contributed by atoms with Gasteiger partial charge in [0.05, 0.1) is 11.0 Å². The number of nitro groups is 1. The Morgan fingerprint density at radius 3 is 2.72 bits per heavy atom. The molecule has 0 aliphatic carbocycles. The van der Waals surface area contributed by atoms with Crippen molar-refractivity contribution in [3.05, 3.63) is 61.9 Å². The van der Waals surface area contributed by atoms with Gasteiger partial charge in [0, 0.05) is 41.2 Å². The van der Waals surface area contributed by atoms with Gasteiger partial charge in [-0.25, -0.2) is 4.79 Å². The molecule has 1 aliphatic rings. The third-order valence-corrected chi connectivity index (χ3v) is 5.23. The van der Waals surface area contributed by atoms with Crippen LogP contribution in [0.4, 0.5) is 5.69 Å². The zero-order chi connectivity index (χ0) is 21.1. The predicted molar refractivity (Wildman–Crippen MR) is 106 cm³/mol. The monoisotopic (exact) mass is 420 g/mol. The summed E-state index contributed by atoms with van der Waals surface area (Å²) in [5.74, 6) is -1.35. The molecule has 8 nitrogen and oxygen atoms in total. The highest BCUT2D eigenvalue weighted by molar-refractivity contribution is 6.31. The van der Waals surface area contributed by atoms with Crippen LogP contribution in [0.5, 0.6) is 0 Å². The smallest absolute Gasteiger partial charge is 0.345 e. The third-order valence-electron chi connectivity index (χ3n) is 4.99. The quantitative estimate of drug-likeness (QED) is 0.291. The standard InChI is InChI=1S/C20H21ClN2O6/c1-12-8-16(13(2)22(12)10-15-4-3-7-28-15)19(24)11-29-20(25)17-9-14(21)5-6-18(17)23(26)27/h5-6,8-9,15H,3-4,7,10-11H2,1-2H3. The van der Waals surface area contributed by atoms with E-state index in [-0.39, 0.29) is 22.5 Å². The van der Waals surface area contributed by atoms with Crippen molar-refractivity contribution in [1.29, 1.82) is 0 Å².